The zero-order chi connectivity index (χ0) is 15.6. The first-order chi connectivity index (χ1) is 9.86. The van der Waals surface area contributed by atoms with Gasteiger partial charge in [-0.1, -0.05) is 6.07 Å². The van der Waals surface area contributed by atoms with Crippen molar-refractivity contribution in [2.75, 3.05) is 5.32 Å². The van der Waals surface area contributed by atoms with Crippen LogP contribution in [0, 0.1) is 24.0 Å². The normalized spacial score (nSPS) is 10.2. The second-order valence-electron chi connectivity index (χ2n) is 4.75. The Balaban J connectivity index is 2.32. The third-order valence-electron chi connectivity index (χ3n) is 2.91. The fourth-order valence-electron chi connectivity index (χ4n) is 1.93. The van der Waals surface area contributed by atoms with Gasteiger partial charge in [-0.05, 0) is 59.1 Å². The summed E-state index contributed by atoms with van der Waals surface area (Å²) >= 11 is 3.36. The number of non-ortho nitro benzene ring substituents is 1. The molecule has 0 radical (unpaired) electrons. The molecule has 0 unspecified atom stereocenters. The fourth-order valence-corrected chi connectivity index (χ4v) is 2.27. The summed E-state index contributed by atoms with van der Waals surface area (Å²) in [5, 5.41) is 13.6. The quantitative estimate of drug-likeness (QED) is 0.666. The molecule has 2 rings (SSSR count). The number of carbonyl (C=O) groups is 1. The van der Waals surface area contributed by atoms with Gasteiger partial charge in [0.2, 0.25) is 0 Å². The topological polar surface area (TPSA) is 72.2 Å². The second-order valence-corrected chi connectivity index (χ2v) is 5.61. The molecule has 0 heterocycles. The highest BCUT2D eigenvalue weighted by Gasteiger charge is 2.14. The molecule has 1 N–H and O–H groups in total. The van der Waals surface area contributed by atoms with Gasteiger partial charge in [0.05, 0.1) is 10.6 Å². The Kier molecular flexibility index (Phi) is 4.37. The van der Waals surface area contributed by atoms with E-state index in [0.717, 1.165) is 10.0 Å². The Hall–Kier alpha value is -2.21. The smallest absolute Gasteiger partial charge is 0.270 e. The maximum atomic E-state index is 12.3. The zero-order valence-corrected chi connectivity index (χ0v) is 13.1. The van der Waals surface area contributed by atoms with Crippen molar-refractivity contribution >= 4 is 33.2 Å². The SMILES string of the molecule is Cc1cc(C(=O)Nc2cc(C)ccc2Br)cc([N+](=O)[O-])c1. The predicted molar refractivity (Wildman–Crippen MR) is 84.7 cm³/mol. The van der Waals surface area contributed by atoms with Crippen LogP contribution in [0.5, 0.6) is 0 Å². The molecule has 0 fully saturated rings. The number of nitro groups is 1. The van der Waals surface area contributed by atoms with Crippen LogP contribution in [0.4, 0.5) is 11.4 Å². The molecule has 5 nitrogen and oxygen atoms in total. The number of amides is 1. The summed E-state index contributed by atoms with van der Waals surface area (Å²) in [5.41, 5.74) is 2.46. The third-order valence-corrected chi connectivity index (χ3v) is 3.60. The lowest BCUT2D eigenvalue weighted by Crippen LogP contribution is -2.13. The third kappa shape index (κ3) is 3.66. The minimum absolute atomic E-state index is 0.0940. The molecule has 2 aromatic rings. The van der Waals surface area contributed by atoms with Gasteiger partial charge in [-0.25, -0.2) is 0 Å². The number of hydrogen-bond acceptors (Lipinski definition) is 3. The molecule has 0 bridgehead atoms. The van der Waals surface area contributed by atoms with Gasteiger partial charge in [0, 0.05) is 22.2 Å². The number of benzene rings is 2. The summed E-state index contributed by atoms with van der Waals surface area (Å²) in [4.78, 5) is 22.6. The number of aryl methyl sites for hydroxylation is 2. The van der Waals surface area contributed by atoms with Crippen LogP contribution in [0.25, 0.3) is 0 Å². The summed E-state index contributed by atoms with van der Waals surface area (Å²) in [5.74, 6) is -0.381. The molecule has 0 atom stereocenters. The van der Waals surface area contributed by atoms with E-state index in [2.05, 4.69) is 21.2 Å². The highest BCUT2D eigenvalue weighted by Crippen LogP contribution is 2.25. The summed E-state index contributed by atoms with van der Waals surface area (Å²) in [6.07, 6.45) is 0. The maximum Gasteiger partial charge on any atom is 0.270 e. The van der Waals surface area contributed by atoms with E-state index < -0.39 is 4.92 Å². The van der Waals surface area contributed by atoms with E-state index >= 15 is 0 Å². The molecule has 0 aliphatic heterocycles. The first-order valence-corrected chi connectivity index (χ1v) is 6.99. The van der Waals surface area contributed by atoms with Gasteiger partial charge in [0.15, 0.2) is 0 Å². The van der Waals surface area contributed by atoms with Crippen LogP contribution < -0.4 is 5.32 Å². The molecule has 0 aliphatic rings. The van der Waals surface area contributed by atoms with E-state index in [4.69, 9.17) is 0 Å². The number of hydrogen-bond donors (Lipinski definition) is 1. The lowest BCUT2D eigenvalue weighted by Gasteiger charge is -2.09. The van der Waals surface area contributed by atoms with Crippen molar-refractivity contribution in [2.45, 2.75) is 13.8 Å². The van der Waals surface area contributed by atoms with Gasteiger partial charge < -0.3 is 5.32 Å². The molecule has 2 aromatic carbocycles. The van der Waals surface area contributed by atoms with Crippen LogP contribution >= 0.6 is 15.9 Å². The Bertz CT molecular complexity index is 729. The largest absolute Gasteiger partial charge is 0.321 e. The van der Waals surface area contributed by atoms with E-state index in [-0.39, 0.29) is 17.2 Å². The Morgan fingerprint density at radius 3 is 2.52 bits per heavy atom. The Morgan fingerprint density at radius 1 is 1.14 bits per heavy atom. The minimum Gasteiger partial charge on any atom is -0.321 e. The maximum absolute atomic E-state index is 12.3. The average molecular weight is 349 g/mol. The van der Waals surface area contributed by atoms with Gasteiger partial charge >= 0.3 is 0 Å². The molecular weight excluding hydrogens is 336 g/mol. The lowest BCUT2D eigenvalue weighted by atomic mass is 10.1. The minimum atomic E-state index is -0.508. The van der Waals surface area contributed by atoms with Crippen LogP contribution in [0.3, 0.4) is 0 Å². The van der Waals surface area contributed by atoms with Crippen molar-refractivity contribution in [1.29, 1.82) is 0 Å². The number of nitro benzene ring substituents is 1. The van der Waals surface area contributed by atoms with E-state index in [1.165, 1.54) is 12.1 Å². The van der Waals surface area contributed by atoms with Gasteiger partial charge in [-0.15, -0.1) is 0 Å². The number of halogens is 1. The van der Waals surface area contributed by atoms with Crippen LogP contribution in [-0.4, -0.2) is 10.8 Å². The summed E-state index contributed by atoms with van der Waals surface area (Å²) < 4.78 is 0.753. The first-order valence-electron chi connectivity index (χ1n) is 6.20. The number of nitrogens with zero attached hydrogens (tertiary/aromatic N) is 1. The summed E-state index contributed by atoms with van der Waals surface area (Å²) in [6.45, 7) is 3.63. The number of anilines is 1. The molecule has 0 aliphatic carbocycles. The fraction of sp³-hybridized carbons (Fsp3) is 0.133. The predicted octanol–water partition coefficient (Wildman–Crippen LogP) is 4.23. The Labute approximate surface area is 130 Å². The average Bonchev–Trinajstić information content (AvgIpc) is 2.42. The standard InChI is InChI=1S/C15H13BrN2O3/c1-9-3-4-13(16)14(7-9)17-15(19)11-5-10(2)6-12(8-11)18(20)21/h3-8H,1-2H3,(H,17,19). The molecule has 0 spiro atoms. The molecule has 1 amide bonds. The molecule has 21 heavy (non-hydrogen) atoms. The van der Waals surface area contributed by atoms with Crippen molar-refractivity contribution in [3.05, 3.63) is 67.7 Å². The van der Waals surface area contributed by atoms with Crippen molar-refractivity contribution in [3.8, 4) is 0 Å². The van der Waals surface area contributed by atoms with Gasteiger partial charge in [0.1, 0.15) is 0 Å². The molecule has 108 valence electrons. The van der Waals surface area contributed by atoms with Crippen LogP contribution in [-0.2, 0) is 0 Å². The van der Waals surface area contributed by atoms with Crippen molar-refractivity contribution in [3.63, 3.8) is 0 Å². The Morgan fingerprint density at radius 2 is 1.86 bits per heavy atom. The highest BCUT2D eigenvalue weighted by atomic mass is 79.9. The zero-order valence-electron chi connectivity index (χ0n) is 11.5. The lowest BCUT2D eigenvalue weighted by molar-refractivity contribution is -0.384. The van der Waals surface area contributed by atoms with Crippen LogP contribution in [0.2, 0.25) is 0 Å². The van der Waals surface area contributed by atoms with Gasteiger partial charge in [-0.3, -0.25) is 14.9 Å². The molecule has 0 aromatic heterocycles. The summed E-state index contributed by atoms with van der Waals surface area (Å²) in [6, 6.07) is 9.89. The van der Waals surface area contributed by atoms with E-state index in [1.54, 1.807) is 13.0 Å². The number of carbonyl (C=O) groups excluding carboxylic acids is 1. The van der Waals surface area contributed by atoms with Crippen molar-refractivity contribution in [1.82, 2.24) is 0 Å². The van der Waals surface area contributed by atoms with E-state index in [0.29, 0.717) is 11.3 Å². The number of nitrogens with one attached hydrogen (secondary N) is 1. The second kappa shape index (κ2) is 6.05. The molecule has 0 saturated heterocycles. The first kappa shape index (κ1) is 15.2. The van der Waals surface area contributed by atoms with Crippen molar-refractivity contribution < 1.29 is 9.72 Å². The van der Waals surface area contributed by atoms with Gasteiger partial charge in [0.25, 0.3) is 11.6 Å². The molecule has 0 saturated carbocycles. The monoisotopic (exact) mass is 348 g/mol. The highest BCUT2D eigenvalue weighted by molar-refractivity contribution is 9.10. The summed E-state index contributed by atoms with van der Waals surface area (Å²) in [7, 11) is 0. The molecule has 6 heteroatoms. The van der Waals surface area contributed by atoms with Crippen LogP contribution in [0.1, 0.15) is 21.5 Å². The molecular formula is C15H13BrN2O3. The van der Waals surface area contributed by atoms with Crippen LogP contribution in [0.15, 0.2) is 40.9 Å². The number of rotatable bonds is 3. The van der Waals surface area contributed by atoms with Crippen molar-refractivity contribution in [2.24, 2.45) is 0 Å². The van der Waals surface area contributed by atoms with E-state index in [1.807, 2.05) is 25.1 Å². The van der Waals surface area contributed by atoms with Gasteiger partial charge in [-0.2, -0.15) is 0 Å². The van der Waals surface area contributed by atoms with E-state index in [9.17, 15) is 14.9 Å².